The Balaban J connectivity index is 2.10. The molecule has 1 aromatic heterocycles. The summed E-state index contributed by atoms with van der Waals surface area (Å²) < 4.78 is 0. The quantitative estimate of drug-likeness (QED) is 0.822. The first-order chi connectivity index (χ1) is 8.31. The molecule has 4 nitrogen and oxygen atoms in total. The first kappa shape index (κ1) is 12.1. The van der Waals surface area contributed by atoms with Crippen molar-refractivity contribution in [3.63, 3.8) is 0 Å². The summed E-state index contributed by atoms with van der Waals surface area (Å²) >= 11 is 0. The summed E-state index contributed by atoms with van der Waals surface area (Å²) in [5.74, 6) is 2.81. The number of aromatic nitrogens is 2. The number of nitrogens with one attached hydrogen (secondary N) is 2. The number of rotatable bonds is 5. The molecule has 4 heteroatoms. The van der Waals surface area contributed by atoms with E-state index >= 15 is 0 Å². The molecule has 0 atom stereocenters. The lowest BCUT2D eigenvalue weighted by Gasteiger charge is -2.14. The zero-order valence-electron chi connectivity index (χ0n) is 10.8. The molecule has 2 N–H and O–H groups in total. The Bertz CT molecular complexity index is 358. The van der Waals surface area contributed by atoms with Crippen LogP contribution in [0, 0.1) is 0 Å². The molecule has 0 spiro atoms. The molecule has 94 valence electrons. The molecule has 0 aromatic carbocycles. The van der Waals surface area contributed by atoms with Crippen LogP contribution in [-0.4, -0.2) is 22.6 Å². The number of nitrogens with zero attached hydrogens (tertiary/aromatic N) is 2. The van der Waals surface area contributed by atoms with Gasteiger partial charge in [-0.3, -0.25) is 0 Å². The summed E-state index contributed by atoms with van der Waals surface area (Å²) in [4.78, 5) is 8.99. The van der Waals surface area contributed by atoms with Crippen LogP contribution in [0.15, 0.2) is 6.07 Å². The van der Waals surface area contributed by atoms with Gasteiger partial charge < -0.3 is 10.6 Å². The molecule has 1 saturated carbocycles. The first-order valence-electron chi connectivity index (χ1n) is 6.70. The minimum Gasteiger partial charge on any atom is -0.370 e. The third-order valence-electron chi connectivity index (χ3n) is 3.15. The summed E-state index contributed by atoms with van der Waals surface area (Å²) in [6, 6.07) is 2.62. The van der Waals surface area contributed by atoms with Crippen molar-refractivity contribution in [2.75, 3.05) is 17.2 Å². The number of hydrogen-bond donors (Lipinski definition) is 2. The van der Waals surface area contributed by atoms with Crippen molar-refractivity contribution in [3.05, 3.63) is 11.9 Å². The molecule has 0 radical (unpaired) electrons. The van der Waals surface area contributed by atoms with E-state index in [1.54, 1.807) is 0 Å². The van der Waals surface area contributed by atoms with E-state index < -0.39 is 0 Å². The second-order valence-electron chi connectivity index (χ2n) is 4.56. The van der Waals surface area contributed by atoms with Gasteiger partial charge in [0.05, 0.1) is 0 Å². The van der Waals surface area contributed by atoms with Gasteiger partial charge in [0.15, 0.2) is 0 Å². The highest BCUT2D eigenvalue weighted by Crippen LogP contribution is 2.22. The number of aryl methyl sites for hydroxylation is 1. The topological polar surface area (TPSA) is 49.8 Å². The molecular weight excluding hydrogens is 212 g/mol. The normalized spacial score (nSPS) is 16.1. The molecule has 0 saturated heterocycles. The van der Waals surface area contributed by atoms with Crippen molar-refractivity contribution < 1.29 is 0 Å². The molecule has 0 bridgehead atoms. The van der Waals surface area contributed by atoms with Crippen molar-refractivity contribution in [1.82, 2.24) is 9.97 Å². The maximum atomic E-state index is 4.54. The van der Waals surface area contributed by atoms with E-state index in [1.165, 1.54) is 25.7 Å². The average Bonchev–Trinajstić information content (AvgIpc) is 2.82. The van der Waals surface area contributed by atoms with E-state index in [2.05, 4.69) is 34.4 Å². The van der Waals surface area contributed by atoms with Crippen molar-refractivity contribution in [3.8, 4) is 0 Å². The molecule has 0 amide bonds. The Labute approximate surface area is 103 Å². The maximum Gasteiger partial charge on any atom is 0.132 e. The lowest BCUT2D eigenvalue weighted by Crippen LogP contribution is -2.16. The van der Waals surface area contributed by atoms with Crippen LogP contribution in [0.4, 0.5) is 11.6 Å². The second kappa shape index (κ2) is 5.84. The third kappa shape index (κ3) is 3.32. The van der Waals surface area contributed by atoms with Crippen LogP contribution in [0.2, 0.25) is 0 Å². The highest BCUT2D eigenvalue weighted by atomic mass is 15.1. The third-order valence-corrected chi connectivity index (χ3v) is 3.15. The molecule has 1 aliphatic carbocycles. The molecular formula is C13H22N4. The molecule has 1 fully saturated rings. The molecule has 0 unspecified atom stereocenters. The molecule has 1 aromatic rings. The Kier molecular flexibility index (Phi) is 4.18. The minimum absolute atomic E-state index is 0.601. The SMILES string of the molecule is CCNc1cc(NC2CCCC2)nc(CC)n1. The highest BCUT2D eigenvalue weighted by Gasteiger charge is 2.15. The zero-order valence-corrected chi connectivity index (χ0v) is 10.8. The Hall–Kier alpha value is -1.32. The van der Waals surface area contributed by atoms with Gasteiger partial charge in [-0.1, -0.05) is 19.8 Å². The predicted molar refractivity (Wildman–Crippen MR) is 71.5 cm³/mol. The van der Waals surface area contributed by atoms with Gasteiger partial charge in [0.1, 0.15) is 17.5 Å². The zero-order chi connectivity index (χ0) is 12.1. The van der Waals surface area contributed by atoms with E-state index in [1.807, 2.05) is 6.07 Å². The lowest BCUT2D eigenvalue weighted by molar-refractivity contribution is 0.747. The van der Waals surface area contributed by atoms with Crippen LogP contribution < -0.4 is 10.6 Å². The second-order valence-corrected chi connectivity index (χ2v) is 4.56. The molecule has 1 heterocycles. The summed E-state index contributed by atoms with van der Waals surface area (Å²) in [6.45, 7) is 5.06. The number of anilines is 2. The lowest BCUT2D eigenvalue weighted by atomic mass is 10.2. The molecule has 2 rings (SSSR count). The van der Waals surface area contributed by atoms with Crippen molar-refractivity contribution >= 4 is 11.6 Å². The standard InChI is InChI=1S/C13H22N4/c1-3-11-16-12(14-4-2)9-13(17-11)15-10-7-5-6-8-10/h9-10H,3-8H2,1-2H3,(H2,14,15,16,17). The molecule has 17 heavy (non-hydrogen) atoms. The maximum absolute atomic E-state index is 4.54. The van der Waals surface area contributed by atoms with Gasteiger partial charge in [-0.25, -0.2) is 9.97 Å². The van der Waals surface area contributed by atoms with Crippen molar-refractivity contribution in [2.45, 2.75) is 52.0 Å². The van der Waals surface area contributed by atoms with Crippen molar-refractivity contribution in [1.29, 1.82) is 0 Å². The predicted octanol–water partition coefficient (Wildman–Crippen LogP) is 2.83. The van der Waals surface area contributed by atoms with Crippen LogP contribution in [0.5, 0.6) is 0 Å². The molecule has 1 aliphatic rings. The Morgan fingerprint density at radius 3 is 2.53 bits per heavy atom. The monoisotopic (exact) mass is 234 g/mol. The van der Waals surface area contributed by atoms with Gasteiger partial charge in [0.2, 0.25) is 0 Å². The summed E-state index contributed by atoms with van der Waals surface area (Å²) in [7, 11) is 0. The van der Waals surface area contributed by atoms with Crippen LogP contribution in [0.3, 0.4) is 0 Å². The fourth-order valence-corrected chi connectivity index (χ4v) is 2.28. The van der Waals surface area contributed by atoms with Gasteiger partial charge in [-0.05, 0) is 19.8 Å². The van der Waals surface area contributed by atoms with Gasteiger partial charge in [-0.15, -0.1) is 0 Å². The summed E-state index contributed by atoms with van der Waals surface area (Å²) in [6.07, 6.45) is 6.08. The van der Waals surface area contributed by atoms with Crippen LogP contribution >= 0.6 is 0 Å². The fourth-order valence-electron chi connectivity index (χ4n) is 2.28. The van der Waals surface area contributed by atoms with E-state index in [9.17, 15) is 0 Å². The van der Waals surface area contributed by atoms with E-state index in [0.29, 0.717) is 6.04 Å². The van der Waals surface area contributed by atoms with E-state index in [4.69, 9.17) is 0 Å². The minimum atomic E-state index is 0.601. The summed E-state index contributed by atoms with van der Waals surface area (Å²) in [5, 5.41) is 6.78. The van der Waals surface area contributed by atoms with Crippen LogP contribution in [0.25, 0.3) is 0 Å². The smallest absolute Gasteiger partial charge is 0.132 e. The van der Waals surface area contributed by atoms with Crippen molar-refractivity contribution in [2.24, 2.45) is 0 Å². The first-order valence-corrected chi connectivity index (χ1v) is 6.70. The number of hydrogen-bond acceptors (Lipinski definition) is 4. The highest BCUT2D eigenvalue weighted by molar-refractivity contribution is 5.48. The fraction of sp³-hybridized carbons (Fsp3) is 0.692. The van der Waals surface area contributed by atoms with Gasteiger partial charge in [0.25, 0.3) is 0 Å². The molecule has 0 aliphatic heterocycles. The Morgan fingerprint density at radius 2 is 1.88 bits per heavy atom. The van der Waals surface area contributed by atoms with Gasteiger partial charge in [-0.2, -0.15) is 0 Å². The summed E-state index contributed by atoms with van der Waals surface area (Å²) in [5.41, 5.74) is 0. The largest absolute Gasteiger partial charge is 0.370 e. The van der Waals surface area contributed by atoms with Gasteiger partial charge in [0, 0.05) is 25.1 Å². The van der Waals surface area contributed by atoms with E-state index in [0.717, 1.165) is 30.4 Å². The van der Waals surface area contributed by atoms with Crippen LogP contribution in [-0.2, 0) is 6.42 Å². The Morgan fingerprint density at radius 1 is 1.18 bits per heavy atom. The van der Waals surface area contributed by atoms with Gasteiger partial charge >= 0.3 is 0 Å². The van der Waals surface area contributed by atoms with E-state index in [-0.39, 0.29) is 0 Å². The average molecular weight is 234 g/mol. The van der Waals surface area contributed by atoms with Crippen LogP contribution in [0.1, 0.15) is 45.4 Å².